The summed E-state index contributed by atoms with van der Waals surface area (Å²) >= 11 is 0. The summed E-state index contributed by atoms with van der Waals surface area (Å²) in [6, 6.07) is 30.7. The van der Waals surface area contributed by atoms with Crippen LogP contribution in [0.1, 0.15) is 71.5 Å². The van der Waals surface area contributed by atoms with E-state index in [0.717, 1.165) is 42.6 Å². The summed E-state index contributed by atoms with van der Waals surface area (Å²) in [7, 11) is 0. The summed E-state index contributed by atoms with van der Waals surface area (Å²) < 4.78 is 6.40. The van der Waals surface area contributed by atoms with Crippen LogP contribution in [0.3, 0.4) is 0 Å². The van der Waals surface area contributed by atoms with Crippen LogP contribution in [0.4, 0.5) is 0 Å². The molecule has 5 rings (SSSR count). The first-order valence-electron chi connectivity index (χ1n) is 12.2. The van der Waals surface area contributed by atoms with Gasteiger partial charge in [0.15, 0.2) is 0 Å². The van der Waals surface area contributed by atoms with Crippen LogP contribution in [0.25, 0.3) is 10.8 Å². The van der Waals surface area contributed by atoms with Crippen LogP contribution in [0.5, 0.6) is 5.75 Å². The van der Waals surface area contributed by atoms with E-state index in [1.807, 2.05) is 36.4 Å². The predicted molar refractivity (Wildman–Crippen MR) is 137 cm³/mol. The molecule has 0 fully saturated rings. The standard InChI is InChI=1S/C31H30O3/c1-21(26-17-8-11-22-10-2-3-15-27(22)26)9-6-14-25-20-29(28-16-4-5-18-30(28)34-25)23-12-7-13-24(19-23)31(32)33/h2-5,7-8,10-13,15-19,21,25,29H,6,9,14,20H2,1H3,(H,32,33)/t21-,25?,29?/m0/s1. The van der Waals surface area contributed by atoms with Gasteiger partial charge in [0.1, 0.15) is 5.75 Å². The lowest BCUT2D eigenvalue weighted by molar-refractivity contribution is 0.0696. The lowest BCUT2D eigenvalue weighted by atomic mass is 9.82. The van der Waals surface area contributed by atoms with E-state index in [-0.39, 0.29) is 12.0 Å². The molecular formula is C31H30O3. The minimum Gasteiger partial charge on any atom is -0.490 e. The van der Waals surface area contributed by atoms with Gasteiger partial charge in [-0.2, -0.15) is 0 Å². The van der Waals surface area contributed by atoms with Crippen LogP contribution >= 0.6 is 0 Å². The van der Waals surface area contributed by atoms with Gasteiger partial charge in [-0.05, 0) is 71.7 Å². The molecule has 3 atom stereocenters. The molecule has 3 heteroatoms. The van der Waals surface area contributed by atoms with Gasteiger partial charge in [0.2, 0.25) is 0 Å². The van der Waals surface area contributed by atoms with Gasteiger partial charge in [-0.1, -0.05) is 79.7 Å². The molecule has 0 bridgehead atoms. The Bertz CT molecular complexity index is 1300. The molecule has 1 N–H and O–H groups in total. The highest BCUT2D eigenvalue weighted by atomic mass is 16.5. The van der Waals surface area contributed by atoms with Crippen molar-refractivity contribution in [3.8, 4) is 5.75 Å². The van der Waals surface area contributed by atoms with Gasteiger partial charge >= 0.3 is 5.97 Å². The van der Waals surface area contributed by atoms with E-state index in [9.17, 15) is 9.90 Å². The molecule has 1 aliphatic rings. The van der Waals surface area contributed by atoms with Gasteiger partial charge in [-0.25, -0.2) is 4.79 Å². The van der Waals surface area contributed by atoms with Gasteiger partial charge < -0.3 is 9.84 Å². The zero-order valence-electron chi connectivity index (χ0n) is 19.5. The van der Waals surface area contributed by atoms with E-state index in [4.69, 9.17) is 4.74 Å². The van der Waals surface area contributed by atoms with E-state index in [2.05, 4.69) is 55.5 Å². The first-order chi connectivity index (χ1) is 16.6. The second-order valence-electron chi connectivity index (χ2n) is 9.40. The SMILES string of the molecule is C[C@@H](CCCC1CC(c2cccc(C(=O)O)c2)c2ccccc2O1)c1cccc2ccccc12. The van der Waals surface area contributed by atoms with Crippen LogP contribution in [0, 0.1) is 0 Å². The van der Waals surface area contributed by atoms with Crippen molar-refractivity contribution in [2.75, 3.05) is 0 Å². The molecule has 0 saturated heterocycles. The van der Waals surface area contributed by atoms with Crippen molar-refractivity contribution in [2.24, 2.45) is 0 Å². The van der Waals surface area contributed by atoms with Crippen LogP contribution in [-0.2, 0) is 0 Å². The number of carboxylic acid groups (broad SMARTS) is 1. The zero-order chi connectivity index (χ0) is 23.5. The topological polar surface area (TPSA) is 46.5 Å². The maximum atomic E-state index is 11.5. The lowest BCUT2D eigenvalue weighted by Crippen LogP contribution is -2.26. The van der Waals surface area contributed by atoms with Gasteiger partial charge in [0.25, 0.3) is 0 Å². The van der Waals surface area contributed by atoms with Gasteiger partial charge in [-0.3, -0.25) is 0 Å². The Balaban J connectivity index is 1.30. The number of ether oxygens (including phenoxy) is 1. The van der Waals surface area contributed by atoms with E-state index in [0.29, 0.717) is 11.5 Å². The summed E-state index contributed by atoms with van der Waals surface area (Å²) in [6.07, 6.45) is 4.16. The molecule has 0 aliphatic carbocycles. The van der Waals surface area contributed by atoms with Crippen molar-refractivity contribution in [2.45, 2.75) is 50.5 Å². The van der Waals surface area contributed by atoms with Crippen LogP contribution in [-0.4, -0.2) is 17.2 Å². The largest absolute Gasteiger partial charge is 0.490 e. The molecule has 0 spiro atoms. The minimum atomic E-state index is -0.888. The molecule has 1 aliphatic heterocycles. The second kappa shape index (κ2) is 9.72. The fourth-order valence-electron chi connectivity index (χ4n) is 5.36. The number of rotatable bonds is 7. The molecule has 34 heavy (non-hydrogen) atoms. The number of carbonyl (C=O) groups is 1. The average Bonchev–Trinajstić information content (AvgIpc) is 2.88. The number of para-hydroxylation sites is 1. The predicted octanol–water partition coefficient (Wildman–Crippen LogP) is 7.80. The number of aromatic carboxylic acids is 1. The Labute approximate surface area is 201 Å². The van der Waals surface area contributed by atoms with E-state index >= 15 is 0 Å². The second-order valence-corrected chi connectivity index (χ2v) is 9.40. The molecule has 4 aromatic rings. The van der Waals surface area contributed by atoms with Gasteiger partial charge in [-0.15, -0.1) is 0 Å². The van der Waals surface area contributed by atoms with Crippen LogP contribution < -0.4 is 4.74 Å². The number of hydrogen-bond acceptors (Lipinski definition) is 2. The summed E-state index contributed by atoms with van der Waals surface area (Å²) in [5, 5.41) is 12.1. The van der Waals surface area contributed by atoms with Crippen molar-refractivity contribution in [1.82, 2.24) is 0 Å². The molecular weight excluding hydrogens is 420 g/mol. The molecule has 172 valence electrons. The molecule has 4 aromatic carbocycles. The normalized spacial score (nSPS) is 18.1. The Hall–Kier alpha value is -3.59. The fourth-order valence-corrected chi connectivity index (χ4v) is 5.36. The maximum absolute atomic E-state index is 11.5. The lowest BCUT2D eigenvalue weighted by Gasteiger charge is -2.33. The van der Waals surface area contributed by atoms with Crippen molar-refractivity contribution < 1.29 is 14.6 Å². The van der Waals surface area contributed by atoms with E-state index in [1.54, 1.807) is 6.07 Å². The van der Waals surface area contributed by atoms with Crippen LogP contribution in [0.2, 0.25) is 0 Å². The van der Waals surface area contributed by atoms with Gasteiger partial charge in [0.05, 0.1) is 11.7 Å². The first-order valence-corrected chi connectivity index (χ1v) is 12.2. The van der Waals surface area contributed by atoms with E-state index < -0.39 is 5.97 Å². The van der Waals surface area contributed by atoms with Crippen molar-refractivity contribution >= 4 is 16.7 Å². The van der Waals surface area contributed by atoms with Gasteiger partial charge in [0, 0.05) is 11.5 Å². The summed E-state index contributed by atoms with van der Waals surface area (Å²) in [5.74, 6) is 0.655. The summed E-state index contributed by atoms with van der Waals surface area (Å²) in [5.41, 5.74) is 3.94. The smallest absolute Gasteiger partial charge is 0.335 e. The Morgan fingerprint density at radius 3 is 2.62 bits per heavy atom. The Morgan fingerprint density at radius 1 is 0.971 bits per heavy atom. The number of fused-ring (bicyclic) bond motifs is 2. The van der Waals surface area contributed by atoms with Crippen molar-refractivity contribution in [3.63, 3.8) is 0 Å². The molecule has 3 nitrogen and oxygen atoms in total. The highest BCUT2D eigenvalue weighted by Crippen LogP contribution is 2.42. The first kappa shape index (κ1) is 22.2. The third-order valence-corrected chi connectivity index (χ3v) is 7.14. The molecule has 1 heterocycles. The molecule has 2 unspecified atom stereocenters. The highest BCUT2D eigenvalue weighted by Gasteiger charge is 2.29. The molecule has 0 saturated carbocycles. The number of carboxylic acids is 1. The molecule has 0 aromatic heterocycles. The zero-order valence-corrected chi connectivity index (χ0v) is 19.5. The Kier molecular flexibility index (Phi) is 6.35. The maximum Gasteiger partial charge on any atom is 0.335 e. The average molecular weight is 451 g/mol. The van der Waals surface area contributed by atoms with Crippen molar-refractivity contribution in [3.05, 3.63) is 113 Å². The Morgan fingerprint density at radius 2 is 1.74 bits per heavy atom. The molecule has 0 radical (unpaired) electrons. The number of hydrogen-bond donors (Lipinski definition) is 1. The third kappa shape index (κ3) is 4.56. The fraction of sp³-hybridized carbons (Fsp3) is 0.258. The highest BCUT2D eigenvalue weighted by molar-refractivity contribution is 5.88. The van der Waals surface area contributed by atoms with E-state index in [1.165, 1.54) is 16.3 Å². The quantitative estimate of drug-likeness (QED) is 0.312. The number of benzene rings is 4. The summed E-state index contributed by atoms with van der Waals surface area (Å²) in [6.45, 7) is 2.32. The molecule has 0 amide bonds. The monoisotopic (exact) mass is 450 g/mol. The summed E-state index contributed by atoms with van der Waals surface area (Å²) in [4.78, 5) is 11.5. The van der Waals surface area contributed by atoms with Crippen LogP contribution in [0.15, 0.2) is 91.0 Å². The minimum absolute atomic E-state index is 0.119. The van der Waals surface area contributed by atoms with Crippen molar-refractivity contribution in [1.29, 1.82) is 0 Å². The third-order valence-electron chi connectivity index (χ3n) is 7.14.